The molecular weight excluding hydrogens is 831 g/mol. The Labute approximate surface area is 377 Å². The maximum absolute atomic E-state index is 13.2. The van der Waals surface area contributed by atoms with Crippen molar-refractivity contribution in [2.24, 2.45) is 5.92 Å². The number of nitrogens with zero attached hydrogens (tertiary/aromatic N) is 3. The van der Waals surface area contributed by atoms with Crippen molar-refractivity contribution in [1.29, 1.82) is 0 Å². The van der Waals surface area contributed by atoms with E-state index >= 15 is 0 Å². The molecule has 3 fully saturated rings. The summed E-state index contributed by atoms with van der Waals surface area (Å²) in [6.45, 7) is 16.3. The molecule has 16 heteroatoms. The summed E-state index contributed by atoms with van der Waals surface area (Å²) in [5.41, 5.74) is 9.14. The molecule has 0 radical (unpaired) electrons. The number of nitrogens with one attached hydrogen (secondary N) is 6. The fraction of sp³-hybridized carbons (Fsp3) is 0.396. The number of carbonyl (C=O) groups excluding carboxylic acids is 5. The second-order valence-electron chi connectivity index (χ2n) is 17.1. The smallest absolute Gasteiger partial charge is 0.256 e. The molecule has 3 saturated heterocycles. The van der Waals surface area contributed by atoms with Gasteiger partial charge in [0.25, 0.3) is 29.5 Å². The van der Waals surface area contributed by atoms with E-state index in [-0.39, 0.29) is 35.6 Å². The van der Waals surface area contributed by atoms with Crippen LogP contribution >= 0.6 is 0 Å². The van der Waals surface area contributed by atoms with E-state index in [0.717, 1.165) is 74.8 Å². The quantitative estimate of drug-likeness (QED) is 0.104. The zero-order valence-corrected chi connectivity index (χ0v) is 38.7. The van der Waals surface area contributed by atoms with Crippen molar-refractivity contribution in [2.75, 3.05) is 76.8 Å². The van der Waals surface area contributed by atoms with E-state index in [0.29, 0.717) is 73.4 Å². The highest BCUT2D eigenvalue weighted by Gasteiger charge is 2.36. The van der Waals surface area contributed by atoms with Gasteiger partial charge in [-0.1, -0.05) is 13.8 Å². The largest absolute Gasteiger partial charge is 0.358 e. The minimum atomic E-state index is -1.14. The zero-order valence-electron chi connectivity index (χ0n) is 37.9. The lowest BCUT2D eigenvalue weighted by molar-refractivity contribution is -0.111. The van der Waals surface area contributed by atoms with Crippen LogP contribution in [0.3, 0.4) is 0 Å². The van der Waals surface area contributed by atoms with Crippen molar-refractivity contribution >= 4 is 75.0 Å². The molecule has 2 aromatic heterocycles. The van der Waals surface area contributed by atoms with E-state index in [1.54, 1.807) is 75.0 Å². The third-order valence-electron chi connectivity index (χ3n) is 12.7. The van der Waals surface area contributed by atoms with Gasteiger partial charge in [0, 0.05) is 113 Å². The summed E-state index contributed by atoms with van der Waals surface area (Å²) >= 11 is 0. The molecule has 2 bridgehead atoms. The fourth-order valence-electron chi connectivity index (χ4n) is 9.00. The van der Waals surface area contributed by atoms with Crippen LogP contribution < -0.4 is 21.3 Å². The molecule has 0 aliphatic carbocycles. The number of benzene rings is 2. The highest BCUT2D eigenvalue weighted by molar-refractivity contribution is 7.84. The van der Waals surface area contributed by atoms with Gasteiger partial charge >= 0.3 is 0 Å². The Bertz CT molecular complexity index is 2590. The number of amides is 5. The maximum Gasteiger partial charge on any atom is 0.256 e. The highest BCUT2D eigenvalue weighted by Crippen LogP contribution is 2.36. The van der Waals surface area contributed by atoms with Crippen molar-refractivity contribution in [2.45, 2.75) is 58.4 Å². The van der Waals surface area contributed by atoms with Crippen LogP contribution in [0.4, 0.5) is 11.4 Å². The molecule has 5 aliphatic heterocycles. The number of aryl methyl sites for hydroxylation is 2. The Balaban J connectivity index is 0.000000193. The van der Waals surface area contributed by atoms with Crippen LogP contribution in [-0.2, 0) is 20.4 Å². The monoisotopic (exact) mass is 889 g/mol. The third-order valence-corrected chi connectivity index (χ3v) is 13.6. The molecule has 0 saturated carbocycles. The van der Waals surface area contributed by atoms with Crippen LogP contribution in [0.15, 0.2) is 47.4 Å². The number of hydrogen-bond donors (Lipinski definition) is 6. The molecule has 0 spiro atoms. The Morgan fingerprint density at radius 1 is 0.844 bits per heavy atom. The Morgan fingerprint density at radius 3 is 2.09 bits per heavy atom. The topological polar surface area (TPSA) is 192 Å². The number of aromatic nitrogens is 2. The van der Waals surface area contributed by atoms with Crippen LogP contribution in [0.5, 0.6) is 0 Å². The molecule has 5 aliphatic rings. The lowest BCUT2D eigenvalue weighted by Crippen LogP contribution is -2.57. The van der Waals surface area contributed by atoms with Gasteiger partial charge in [0.1, 0.15) is 0 Å². The third kappa shape index (κ3) is 9.68. The molecule has 5 amide bonds. The van der Waals surface area contributed by atoms with Crippen molar-refractivity contribution in [3.8, 4) is 0 Å². The van der Waals surface area contributed by atoms with E-state index in [2.05, 4.69) is 54.9 Å². The van der Waals surface area contributed by atoms with E-state index in [4.69, 9.17) is 0 Å². The first-order valence-electron chi connectivity index (χ1n) is 21.9. The fourth-order valence-corrected chi connectivity index (χ4v) is 9.54. The first-order chi connectivity index (χ1) is 30.6. The van der Waals surface area contributed by atoms with Crippen LogP contribution in [-0.4, -0.2) is 131 Å². The molecule has 2 aromatic carbocycles. The van der Waals surface area contributed by atoms with Gasteiger partial charge in [0.05, 0.1) is 22.3 Å². The van der Waals surface area contributed by atoms with Gasteiger partial charge in [0.15, 0.2) is 0 Å². The zero-order chi connectivity index (χ0) is 46.0. The highest BCUT2D eigenvalue weighted by atomic mass is 32.2. The lowest BCUT2D eigenvalue weighted by Gasteiger charge is -2.44. The molecule has 6 N–H and O–H groups in total. The summed E-state index contributed by atoms with van der Waals surface area (Å²) < 4.78 is 11.8. The van der Waals surface area contributed by atoms with Crippen LogP contribution in [0.2, 0.25) is 0 Å². The first kappa shape index (κ1) is 45.9. The molecule has 15 nitrogen and oxygen atoms in total. The Kier molecular flexibility index (Phi) is 13.9. The number of anilines is 2. The first-order valence-corrected chi connectivity index (χ1v) is 23.4. The number of fused-ring (bicyclic) bond motifs is 5. The second kappa shape index (κ2) is 19.3. The van der Waals surface area contributed by atoms with Crippen molar-refractivity contribution < 1.29 is 28.2 Å². The number of piperidine rings is 3. The van der Waals surface area contributed by atoms with E-state index in [1.807, 2.05) is 20.8 Å². The summed E-state index contributed by atoms with van der Waals surface area (Å²) in [5, 5.41) is 11.9. The number of aromatic amines is 2. The molecule has 9 rings (SSSR count). The minimum Gasteiger partial charge on any atom is -0.358 e. The van der Waals surface area contributed by atoms with E-state index < -0.39 is 10.8 Å². The Morgan fingerprint density at radius 2 is 1.48 bits per heavy atom. The van der Waals surface area contributed by atoms with Gasteiger partial charge in [-0.05, 0) is 126 Å². The molecular formula is C48H59N9O6S. The molecule has 4 aromatic rings. The Hall–Kier alpha value is -6.10. The lowest BCUT2D eigenvalue weighted by atomic mass is 9.84. The average molecular weight is 890 g/mol. The number of carbonyl (C=O) groups is 5. The van der Waals surface area contributed by atoms with Crippen LogP contribution in [0, 0.1) is 26.7 Å². The predicted molar refractivity (Wildman–Crippen MR) is 253 cm³/mol. The van der Waals surface area contributed by atoms with Crippen molar-refractivity contribution in [3.63, 3.8) is 0 Å². The average Bonchev–Trinajstić information content (AvgIpc) is 3.99. The van der Waals surface area contributed by atoms with E-state index in [1.165, 1.54) is 4.90 Å². The van der Waals surface area contributed by atoms with Crippen LogP contribution in [0.25, 0.3) is 23.3 Å². The van der Waals surface area contributed by atoms with Crippen LogP contribution in [0.1, 0.15) is 97.2 Å². The second-order valence-corrected chi connectivity index (χ2v) is 18.5. The predicted octanol–water partition coefficient (Wildman–Crippen LogP) is 5.27. The standard InChI is InChI=1S/C26H31N5O3.C22H28N4O3S/c1-14-21(12-19-18-11-17(26(34)30(3)4)5-6-20(18)28-24(19)32)27-15(2)23(14)25(33)29-22-13-31-9-7-16(22)8-10-31;1-5-26(6-2)10-9-23-21(27)17-11-15(24-14(17)3)12-19-18-13-16(30(4)29)7-8-20(18)25-22(19)28/h5-6,11-12,16,22,27H,7-10,13H2,1-4H3,(H,28,32)(H,29,33);7-8,11-13,24H,5-6,9-10H2,1-4H3,(H,23,27)(H,25,28)/b2*19-12-. The minimum absolute atomic E-state index is 0.0650. The number of rotatable bonds is 12. The van der Waals surface area contributed by atoms with Gasteiger partial charge in [0.2, 0.25) is 0 Å². The normalized spacial score (nSPS) is 20.0. The van der Waals surface area contributed by atoms with Crippen molar-refractivity contribution in [1.82, 2.24) is 35.3 Å². The summed E-state index contributed by atoms with van der Waals surface area (Å²) in [5.74, 6) is -0.228. The molecule has 2 unspecified atom stereocenters. The SMILES string of the molecule is CCN(CC)CCNC(=O)c1cc(/C=C2\C(=O)Nc3ccc(S(C)=O)cc32)[nH]c1C.Cc1[nH]c(/C=C2\C(=O)Nc3ccc(C(=O)N(C)C)cc32)c(C)c1C(=O)NC1CN2CCC1CC2. The number of hydrogen-bond acceptors (Lipinski definition) is 8. The van der Waals surface area contributed by atoms with E-state index in [9.17, 15) is 28.2 Å². The van der Waals surface area contributed by atoms with Gasteiger partial charge in [-0.3, -0.25) is 28.2 Å². The summed E-state index contributed by atoms with van der Waals surface area (Å²) in [7, 11) is 2.26. The van der Waals surface area contributed by atoms with Gasteiger partial charge in [-0.15, -0.1) is 0 Å². The summed E-state index contributed by atoms with van der Waals surface area (Å²) in [6.07, 6.45) is 7.39. The molecule has 64 heavy (non-hydrogen) atoms. The van der Waals surface area contributed by atoms with Gasteiger partial charge < -0.3 is 45.9 Å². The van der Waals surface area contributed by atoms with Gasteiger partial charge in [-0.2, -0.15) is 0 Å². The van der Waals surface area contributed by atoms with Gasteiger partial charge in [-0.25, -0.2) is 0 Å². The number of likely N-dealkylation sites (N-methyl/N-ethyl adjacent to an activating group) is 1. The molecule has 2 atom stereocenters. The molecule has 7 heterocycles. The molecule has 338 valence electrons. The van der Waals surface area contributed by atoms with Crippen molar-refractivity contribution in [3.05, 3.63) is 98.6 Å². The maximum atomic E-state index is 13.2. The summed E-state index contributed by atoms with van der Waals surface area (Å²) in [6, 6.07) is 12.4. The summed E-state index contributed by atoms with van der Waals surface area (Å²) in [4.78, 5) is 76.7. The number of H-pyrrole nitrogens is 2.